The molecule has 3 amide bonds. The molecule has 3 heterocycles. The molecule has 1 aromatic carbocycles. The minimum absolute atomic E-state index is 0.272. The lowest BCUT2D eigenvalue weighted by molar-refractivity contribution is -0.141. The summed E-state index contributed by atoms with van der Waals surface area (Å²) in [4.78, 5) is 43.7. The van der Waals surface area contributed by atoms with Gasteiger partial charge in [0, 0.05) is 32.2 Å². The Bertz CT molecular complexity index is 869. The molecule has 2 fully saturated rings. The summed E-state index contributed by atoms with van der Waals surface area (Å²) in [5, 5.41) is 0. The summed E-state index contributed by atoms with van der Waals surface area (Å²) in [7, 11) is 0. The highest BCUT2D eigenvalue weighted by atomic mass is 19.1. The quantitative estimate of drug-likeness (QED) is 0.707. The molecule has 0 spiro atoms. The lowest BCUT2D eigenvalue weighted by Crippen LogP contribution is -2.49. The normalized spacial score (nSPS) is 20.5. The van der Waals surface area contributed by atoms with Crippen LogP contribution in [0.15, 0.2) is 30.0 Å². The number of ether oxygens (including phenoxy) is 1. The van der Waals surface area contributed by atoms with E-state index in [0.717, 1.165) is 25.9 Å². The topological polar surface area (TPSA) is 70.2 Å². The first-order valence-electron chi connectivity index (χ1n) is 10.6. The summed E-state index contributed by atoms with van der Waals surface area (Å²) < 4.78 is 18.5. The van der Waals surface area contributed by atoms with Gasteiger partial charge in [-0.05, 0) is 50.3 Å². The van der Waals surface area contributed by atoms with E-state index in [2.05, 4.69) is 0 Å². The van der Waals surface area contributed by atoms with Crippen molar-refractivity contribution in [1.82, 2.24) is 14.7 Å². The molecule has 0 aliphatic carbocycles. The van der Waals surface area contributed by atoms with Crippen LogP contribution in [0.2, 0.25) is 0 Å². The van der Waals surface area contributed by atoms with Gasteiger partial charge in [-0.2, -0.15) is 0 Å². The van der Waals surface area contributed by atoms with E-state index in [9.17, 15) is 18.8 Å². The first-order chi connectivity index (χ1) is 14.5. The molecule has 3 aliphatic heterocycles. The van der Waals surface area contributed by atoms with Gasteiger partial charge < -0.3 is 14.5 Å². The number of likely N-dealkylation sites (tertiary alicyclic amines) is 2. The lowest BCUT2D eigenvalue weighted by atomic mass is 10.0. The fraction of sp³-hybridized carbons (Fsp3) is 0.500. The van der Waals surface area contributed by atoms with Crippen LogP contribution in [0.4, 0.5) is 9.18 Å². The van der Waals surface area contributed by atoms with Crippen molar-refractivity contribution < 1.29 is 23.5 Å². The number of imide groups is 1. The Morgan fingerprint density at radius 2 is 1.67 bits per heavy atom. The van der Waals surface area contributed by atoms with Gasteiger partial charge in [-0.25, -0.2) is 9.18 Å². The number of amides is 3. The maximum atomic E-state index is 13.4. The zero-order valence-electron chi connectivity index (χ0n) is 17.1. The van der Waals surface area contributed by atoms with Crippen molar-refractivity contribution in [1.29, 1.82) is 0 Å². The minimum atomic E-state index is -0.387. The summed E-state index contributed by atoms with van der Waals surface area (Å²) in [6.45, 7) is 4.40. The van der Waals surface area contributed by atoms with Crippen LogP contribution in [-0.4, -0.2) is 71.4 Å². The van der Waals surface area contributed by atoms with Gasteiger partial charge in [0.25, 0.3) is 11.8 Å². The second kappa shape index (κ2) is 8.45. The third-order valence-electron chi connectivity index (χ3n) is 6.00. The van der Waals surface area contributed by atoms with Crippen LogP contribution in [0, 0.1) is 5.82 Å². The first kappa shape index (κ1) is 20.4. The van der Waals surface area contributed by atoms with Crippen molar-refractivity contribution in [2.24, 2.45) is 0 Å². The molecule has 0 atom stereocenters. The highest BCUT2D eigenvalue weighted by molar-refractivity contribution is 6.35. The van der Waals surface area contributed by atoms with E-state index in [-0.39, 0.29) is 29.8 Å². The molecule has 0 radical (unpaired) electrons. The van der Waals surface area contributed by atoms with E-state index in [1.807, 2.05) is 4.90 Å². The molecule has 0 saturated carbocycles. The average molecular weight is 415 g/mol. The second-order valence-corrected chi connectivity index (χ2v) is 7.82. The third kappa shape index (κ3) is 3.66. The highest BCUT2D eigenvalue weighted by Gasteiger charge is 2.46. The van der Waals surface area contributed by atoms with Gasteiger partial charge in [0.1, 0.15) is 11.5 Å². The summed E-state index contributed by atoms with van der Waals surface area (Å²) in [5.74, 6) is -0.999. The summed E-state index contributed by atoms with van der Waals surface area (Å²) in [5.41, 5.74) is 1.34. The number of hydrogen-bond acceptors (Lipinski definition) is 5. The van der Waals surface area contributed by atoms with Crippen LogP contribution in [-0.2, 0) is 14.3 Å². The minimum Gasteiger partial charge on any atom is -0.450 e. The summed E-state index contributed by atoms with van der Waals surface area (Å²) in [6, 6.07) is 5.45. The van der Waals surface area contributed by atoms with Gasteiger partial charge in [0.05, 0.1) is 12.2 Å². The first-order valence-corrected chi connectivity index (χ1v) is 10.6. The number of carbonyl (C=O) groups excluding carboxylic acids is 3. The number of hydrogen-bond donors (Lipinski definition) is 0. The number of carbonyl (C=O) groups is 3. The molecule has 7 nitrogen and oxygen atoms in total. The second-order valence-electron chi connectivity index (χ2n) is 7.82. The maximum absolute atomic E-state index is 13.4. The molecular formula is C22H26FN3O4. The maximum Gasteiger partial charge on any atom is 0.409 e. The van der Waals surface area contributed by atoms with Gasteiger partial charge in [-0.3, -0.25) is 14.5 Å². The van der Waals surface area contributed by atoms with E-state index in [1.165, 1.54) is 17.0 Å². The predicted octanol–water partition coefficient (Wildman–Crippen LogP) is 2.62. The molecule has 4 rings (SSSR count). The van der Waals surface area contributed by atoms with E-state index < -0.39 is 0 Å². The van der Waals surface area contributed by atoms with Crippen molar-refractivity contribution in [3.05, 3.63) is 41.3 Å². The van der Waals surface area contributed by atoms with Gasteiger partial charge in [0.2, 0.25) is 0 Å². The zero-order chi connectivity index (χ0) is 21.3. The largest absolute Gasteiger partial charge is 0.450 e. The number of nitrogens with zero attached hydrogens (tertiary/aromatic N) is 3. The molecule has 0 aromatic heterocycles. The Kier molecular flexibility index (Phi) is 5.74. The van der Waals surface area contributed by atoms with E-state index in [4.69, 9.17) is 4.74 Å². The van der Waals surface area contributed by atoms with Gasteiger partial charge >= 0.3 is 6.09 Å². The van der Waals surface area contributed by atoms with Crippen LogP contribution in [0.1, 0.15) is 38.2 Å². The van der Waals surface area contributed by atoms with Crippen molar-refractivity contribution in [3.63, 3.8) is 0 Å². The van der Waals surface area contributed by atoms with Crippen LogP contribution in [0.25, 0.3) is 5.57 Å². The van der Waals surface area contributed by atoms with Gasteiger partial charge in [-0.1, -0.05) is 12.1 Å². The monoisotopic (exact) mass is 415 g/mol. The predicted molar refractivity (Wildman–Crippen MR) is 108 cm³/mol. The summed E-state index contributed by atoms with van der Waals surface area (Å²) >= 11 is 0. The Morgan fingerprint density at radius 1 is 1.03 bits per heavy atom. The Balaban J connectivity index is 1.59. The Hall–Kier alpha value is -2.90. The van der Waals surface area contributed by atoms with Crippen LogP contribution >= 0.6 is 0 Å². The fourth-order valence-corrected chi connectivity index (χ4v) is 4.50. The molecule has 2 saturated heterocycles. The number of benzene rings is 1. The smallest absolute Gasteiger partial charge is 0.409 e. The highest BCUT2D eigenvalue weighted by Crippen LogP contribution is 2.36. The van der Waals surface area contributed by atoms with Crippen LogP contribution < -0.4 is 0 Å². The van der Waals surface area contributed by atoms with Crippen LogP contribution in [0.3, 0.4) is 0 Å². The van der Waals surface area contributed by atoms with Crippen molar-refractivity contribution >= 4 is 23.5 Å². The molecular weight excluding hydrogens is 389 g/mol. The van der Waals surface area contributed by atoms with E-state index >= 15 is 0 Å². The molecule has 1 aromatic rings. The van der Waals surface area contributed by atoms with Gasteiger partial charge in [0.15, 0.2) is 0 Å². The average Bonchev–Trinajstić information content (AvgIpc) is 3.35. The molecule has 0 N–H and O–H groups in total. The molecule has 30 heavy (non-hydrogen) atoms. The number of halogens is 1. The number of rotatable bonds is 4. The number of piperidine rings is 1. The SMILES string of the molecule is CCOC(=O)N1CCC(N2C(=O)C(c3ccc(F)cc3)=C(N3CCCC3)C2=O)CC1. The standard InChI is InChI=1S/C22H26FN3O4/c1-2-30-22(29)25-13-9-17(10-14-25)26-20(27)18(15-5-7-16(23)8-6-15)19(21(26)28)24-11-3-4-12-24/h5-8,17H,2-4,9-14H2,1H3. The lowest BCUT2D eigenvalue weighted by Gasteiger charge is -2.35. The molecule has 3 aliphatic rings. The molecule has 0 unspecified atom stereocenters. The van der Waals surface area contributed by atoms with Crippen molar-refractivity contribution in [2.75, 3.05) is 32.8 Å². The van der Waals surface area contributed by atoms with Crippen molar-refractivity contribution in [2.45, 2.75) is 38.6 Å². The van der Waals surface area contributed by atoms with Crippen LogP contribution in [0.5, 0.6) is 0 Å². The van der Waals surface area contributed by atoms with Crippen molar-refractivity contribution in [3.8, 4) is 0 Å². The Labute approximate surface area is 175 Å². The third-order valence-corrected chi connectivity index (χ3v) is 6.00. The molecule has 8 heteroatoms. The molecule has 160 valence electrons. The van der Waals surface area contributed by atoms with E-state index in [1.54, 1.807) is 24.0 Å². The van der Waals surface area contributed by atoms with E-state index in [0.29, 0.717) is 49.4 Å². The molecule has 0 bridgehead atoms. The fourth-order valence-electron chi connectivity index (χ4n) is 4.50. The zero-order valence-corrected chi connectivity index (χ0v) is 17.1. The Morgan fingerprint density at radius 3 is 2.27 bits per heavy atom. The van der Waals surface area contributed by atoms with Gasteiger partial charge in [-0.15, -0.1) is 0 Å². The summed E-state index contributed by atoms with van der Waals surface area (Å²) in [6.07, 6.45) is 2.61.